The molecule has 0 fully saturated rings. The molecule has 0 saturated carbocycles. The van der Waals surface area contributed by atoms with Crippen molar-refractivity contribution in [3.8, 4) is 11.3 Å². The van der Waals surface area contributed by atoms with Gasteiger partial charge in [0.25, 0.3) is 0 Å². The van der Waals surface area contributed by atoms with Crippen LogP contribution in [0.25, 0.3) is 11.3 Å². The Labute approximate surface area is 94.2 Å². The Hall–Kier alpha value is -2.03. The van der Waals surface area contributed by atoms with Gasteiger partial charge < -0.3 is 0 Å². The summed E-state index contributed by atoms with van der Waals surface area (Å²) in [5.74, 6) is 0. The van der Waals surface area contributed by atoms with Crippen LogP contribution in [0.1, 0.15) is 21.6 Å². The molecule has 1 aromatic heterocycles. The number of hydrogen-bond acceptors (Lipinski definition) is 3. The van der Waals surface area contributed by atoms with Gasteiger partial charge in [0.15, 0.2) is 6.29 Å². The van der Waals surface area contributed by atoms with Crippen LogP contribution in [0.3, 0.4) is 0 Å². The molecule has 0 N–H and O–H groups in total. The number of aryl methyl sites for hydroxylation is 2. The first-order valence-electron chi connectivity index (χ1n) is 5.07. The van der Waals surface area contributed by atoms with E-state index in [0.29, 0.717) is 12.0 Å². The molecular weight excluding hydrogens is 200 g/mol. The molecule has 2 aromatic rings. The third-order valence-electron chi connectivity index (χ3n) is 2.47. The maximum absolute atomic E-state index is 10.5. The molecule has 0 unspecified atom stereocenters. The van der Waals surface area contributed by atoms with Crippen LogP contribution < -0.4 is 0 Å². The summed E-state index contributed by atoms with van der Waals surface area (Å²) < 4.78 is 0. The van der Waals surface area contributed by atoms with E-state index in [4.69, 9.17) is 0 Å². The Morgan fingerprint density at radius 1 is 1.06 bits per heavy atom. The molecule has 0 aliphatic carbocycles. The Kier molecular flexibility index (Phi) is 2.77. The van der Waals surface area contributed by atoms with Gasteiger partial charge in [-0.1, -0.05) is 17.7 Å². The fraction of sp³-hybridized carbons (Fsp3) is 0.154. The molecule has 3 heteroatoms. The lowest BCUT2D eigenvalue weighted by Crippen LogP contribution is -1.94. The van der Waals surface area contributed by atoms with Crippen LogP contribution in [-0.4, -0.2) is 16.5 Å². The first-order chi connectivity index (χ1) is 7.70. The lowest BCUT2D eigenvalue weighted by atomic mass is 10.0. The number of aromatic nitrogens is 2. The second kappa shape index (κ2) is 4.23. The second-order valence-corrected chi connectivity index (χ2v) is 3.78. The number of rotatable bonds is 2. The SMILES string of the molecule is Cc1ccc(C)c(-c2ccc(C=O)nn2)c1. The fourth-order valence-corrected chi connectivity index (χ4v) is 1.56. The number of aldehydes is 1. The van der Waals surface area contributed by atoms with E-state index in [2.05, 4.69) is 28.4 Å². The minimum Gasteiger partial charge on any atom is -0.296 e. The van der Waals surface area contributed by atoms with E-state index in [1.807, 2.05) is 19.9 Å². The highest BCUT2D eigenvalue weighted by atomic mass is 16.1. The van der Waals surface area contributed by atoms with Gasteiger partial charge in [-0.25, -0.2) is 0 Å². The fourth-order valence-electron chi connectivity index (χ4n) is 1.56. The molecule has 0 amide bonds. The van der Waals surface area contributed by atoms with Gasteiger partial charge in [0.05, 0.1) is 5.69 Å². The van der Waals surface area contributed by atoms with Gasteiger partial charge in [-0.3, -0.25) is 4.79 Å². The first kappa shape index (κ1) is 10.5. The van der Waals surface area contributed by atoms with Crippen LogP contribution in [0, 0.1) is 13.8 Å². The summed E-state index contributed by atoms with van der Waals surface area (Å²) in [7, 11) is 0. The predicted octanol–water partition coefficient (Wildman–Crippen LogP) is 2.57. The van der Waals surface area contributed by atoms with Crippen molar-refractivity contribution >= 4 is 6.29 Å². The molecule has 3 nitrogen and oxygen atoms in total. The van der Waals surface area contributed by atoms with Crippen molar-refractivity contribution in [1.82, 2.24) is 10.2 Å². The summed E-state index contributed by atoms with van der Waals surface area (Å²) in [6.07, 6.45) is 0.694. The van der Waals surface area contributed by atoms with E-state index in [0.717, 1.165) is 16.8 Å². The van der Waals surface area contributed by atoms with Crippen LogP contribution in [0.4, 0.5) is 0 Å². The average Bonchev–Trinajstić information content (AvgIpc) is 2.32. The monoisotopic (exact) mass is 212 g/mol. The largest absolute Gasteiger partial charge is 0.296 e. The number of nitrogens with zero attached hydrogens (tertiary/aromatic N) is 2. The van der Waals surface area contributed by atoms with Gasteiger partial charge in [-0.15, -0.1) is 10.2 Å². The number of benzene rings is 1. The second-order valence-electron chi connectivity index (χ2n) is 3.78. The maximum atomic E-state index is 10.5. The maximum Gasteiger partial charge on any atom is 0.170 e. The Bertz CT molecular complexity index is 518. The molecule has 0 bridgehead atoms. The standard InChI is InChI=1S/C13H12N2O/c1-9-3-4-10(2)12(7-9)13-6-5-11(8-16)14-15-13/h3-8H,1-2H3. The molecular formula is C13H12N2O. The van der Waals surface area contributed by atoms with Crippen LogP contribution in [0.15, 0.2) is 30.3 Å². The zero-order chi connectivity index (χ0) is 11.5. The van der Waals surface area contributed by atoms with Gasteiger partial charge in [-0.05, 0) is 37.6 Å². The van der Waals surface area contributed by atoms with Crippen LogP contribution in [0.2, 0.25) is 0 Å². The summed E-state index contributed by atoms with van der Waals surface area (Å²) in [5, 5.41) is 7.87. The lowest BCUT2D eigenvalue weighted by molar-refractivity contribution is 0.111. The summed E-state index contributed by atoms with van der Waals surface area (Å²) in [4.78, 5) is 10.5. The van der Waals surface area contributed by atoms with E-state index < -0.39 is 0 Å². The normalized spacial score (nSPS) is 10.1. The third kappa shape index (κ3) is 1.98. The smallest absolute Gasteiger partial charge is 0.170 e. The van der Waals surface area contributed by atoms with E-state index in [1.54, 1.807) is 6.07 Å². The molecule has 2 rings (SSSR count). The summed E-state index contributed by atoms with van der Waals surface area (Å²) >= 11 is 0. The number of carbonyl (C=O) groups excluding carboxylic acids is 1. The van der Waals surface area contributed by atoms with Crippen molar-refractivity contribution in [3.63, 3.8) is 0 Å². The first-order valence-corrected chi connectivity index (χ1v) is 5.07. The highest BCUT2D eigenvalue weighted by molar-refractivity contribution is 5.72. The van der Waals surface area contributed by atoms with Crippen molar-refractivity contribution in [2.75, 3.05) is 0 Å². The average molecular weight is 212 g/mol. The van der Waals surface area contributed by atoms with Crippen LogP contribution in [-0.2, 0) is 0 Å². The molecule has 0 spiro atoms. The molecule has 0 saturated heterocycles. The topological polar surface area (TPSA) is 42.9 Å². The molecule has 16 heavy (non-hydrogen) atoms. The summed E-state index contributed by atoms with van der Waals surface area (Å²) in [6.45, 7) is 4.07. The summed E-state index contributed by atoms with van der Waals surface area (Å²) in [5.41, 5.74) is 4.55. The van der Waals surface area contributed by atoms with Crippen molar-refractivity contribution in [3.05, 3.63) is 47.2 Å². The Morgan fingerprint density at radius 2 is 1.88 bits per heavy atom. The van der Waals surface area contributed by atoms with Gasteiger partial charge in [-0.2, -0.15) is 0 Å². The predicted molar refractivity (Wildman–Crippen MR) is 62.3 cm³/mol. The molecule has 0 atom stereocenters. The molecule has 80 valence electrons. The zero-order valence-corrected chi connectivity index (χ0v) is 9.27. The van der Waals surface area contributed by atoms with Gasteiger partial charge in [0, 0.05) is 5.56 Å². The number of carbonyl (C=O) groups is 1. The van der Waals surface area contributed by atoms with Crippen molar-refractivity contribution in [1.29, 1.82) is 0 Å². The minimum absolute atomic E-state index is 0.356. The van der Waals surface area contributed by atoms with Gasteiger partial charge in [0.2, 0.25) is 0 Å². The lowest BCUT2D eigenvalue weighted by Gasteiger charge is -2.05. The molecule has 1 aromatic carbocycles. The Balaban J connectivity index is 2.49. The zero-order valence-electron chi connectivity index (χ0n) is 9.27. The van der Waals surface area contributed by atoms with Crippen molar-refractivity contribution in [2.24, 2.45) is 0 Å². The molecule has 0 radical (unpaired) electrons. The van der Waals surface area contributed by atoms with Crippen LogP contribution in [0.5, 0.6) is 0 Å². The van der Waals surface area contributed by atoms with E-state index in [9.17, 15) is 4.79 Å². The van der Waals surface area contributed by atoms with E-state index >= 15 is 0 Å². The molecule has 0 aliphatic heterocycles. The van der Waals surface area contributed by atoms with Crippen molar-refractivity contribution in [2.45, 2.75) is 13.8 Å². The molecule has 0 aliphatic rings. The molecule has 1 heterocycles. The highest BCUT2D eigenvalue weighted by Gasteiger charge is 2.04. The van der Waals surface area contributed by atoms with Gasteiger partial charge >= 0.3 is 0 Å². The quantitative estimate of drug-likeness (QED) is 0.718. The van der Waals surface area contributed by atoms with Gasteiger partial charge in [0.1, 0.15) is 5.69 Å². The minimum atomic E-state index is 0.356. The van der Waals surface area contributed by atoms with Crippen molar-refractivity contribution < 1.29 is 4.79 Å². The van der Waals surface area contributed by atoms with E-state index in [-0.39, 0.29) is 0 Å². The van der Waals surface area contributed by atoms with Crippen LogP contribution >= 0.6 is 0 Å². The third-order valence-corrected chi connectivity index (χ3v) is 2.47. The van der Waals surface area contributed by atoms with E-state index in [1.165, 1.54) is 5.56 Å². The summed E-state index contributed by atoms with van der Waals surface area (Å²) in [6, 6.07) is 9.68. The Morgan fingerprint density at radius 3 is 2.50 bits per heavy atom. The number of hydrogen-bond donors (Lipinski definition) is 0. The highest BCUT2D eigenvalue weighted by Crippen LogP contribution is 2.21.